The van der Waals surface area contributed by atoms with Crippen LogP contribution in [0.5, 0.6) is 0 Å². The number of likely N-dealkylation sites (tertiary alicyclic amines) is 1. The minimum atomic E-state index is 0.188. The molecule has 3 rings (SSSR count). The molecule has 2 fully saturated rings. The van der Waals surface area contributed by atoms with Crippen molar-refractivity contribution in [1.29, 1.82) is 0 Å². The predicted molar refractivity (Wildman–Crippen MR) is 69.8 cm³/mol. The molecule has 92 valence electrons. The number of aryl methyl sites for hydroxylation is 1. The molecular formula is C13H17BrN2O. The number of carbonyl (C=O) groups is 1. The van der Waals surface area contributed by atoms with Crippen LogP contribution in [-0.4, -0.2) is 28.5 Å². The van der Waals surface area contributed by atoms with Crippen molar-refractivity contribution in [2.24, 2.45) is 18.9 Å². The quantitative estimate of drug-likeness (QED) is 0.782. The monoisotopic (exact) mass is 296 g/mol. The molecule has 2 aliphatic rings. The molecule has 3 nitrogen and oxygen atoms in total. The number of fused-ring (bicyclic) bond motifs is 1. The van der Waals surface area contributed by atoms with E-state index in [0.29, 0.717) is 0 Å². The first kappa shape index (κ1) is 11.3. The first-order valence-electron chi connectivity index (χ1n) is 6.26. The number of halogens is 1. The van der Waals surface area contributed by atoms with Crippen LogP contribution in [0, 0.1) is 11.8 Å². The maximum atomic E-state index is 12.4. The van der Waals surface area contributed by atoms with E-state index in [9.17, 15) is 4.79 Å². The molecule has 2 atom stereocenters. The van der Waals surface area contributed by atoms with E-state index in [1.165, 1.54) is 19.3 Å². The van der Waals surface area contributed by atoms with Gasteiger partial charge in [0.15, 0.2) is 0 Å². The standard InChI is InChI=1S/C13H17BrN2O/c1-15-8-11(14)5-12(15)13(17)16-6-9-3-2-4-10(9)7-16/h5,8-10H,2-4,6-7H2,1H3. The minimum absolute atomic E-state index is 0.188. The molecule has 1 aliphatic carbocycles. The van der Waals surface area contributed by atoms with Crippen LogP contribution in [0.2, 0.25) is 0 Å². The van der Waals surface area contributed by atoms with Crippen molar-refractivity contribution in [3.05, 3.63) is 22.4 Å². The van der Waals surface area contributed by atoms with Crippen LogP contribution in [0.25, 0.3) is 0 Å². The van der Waals surface area contributed by atoms with Crippen molar-refractivity contribution in [3.63, 3.8) is 0 Å². The molecule has 1 saturated carbocycles. The molecule has 4 heteroatoms. The largest absolute Gasteiger partial charge is 0.345 e. The van der Waals surface area contributed by atoms with Crippen molar-refractivity contribution in [3.8, 4) is 0 Å². The van der Waals surface area contributed by atoms with E-state index >= 15 is 0 Å². The van der Waals surface area contributed by atoms with Gasteiger partial charge in [0.05, 0.1) is 0 Å². The zero-order valence-electron chi connectivity index (χ0n) is 10.0. The fraction of sp³-hybridized carbons (Fsp3) is 0.615. The van der Waals surface area contributed by atoms with Gasteiger partial charge in [0.2, 0.25) is 0 Å². The van der Waals surface area contributed by atoms with E-state index in [2.05, 4.69) is 15.9 Å². The van der Waals surface area contributed by atoms with Crippen molar-refractivity contribution < 1.29 is 4.79 Å². The predicted octanol–water partition coefficient (Wildman–Crippen LogP) is 2.66. The van der Waals surface area contributed by atoms with E-state index in [1.807, 2.05) is 28.8 Å². The Labute approximate surface area is 110 Å². The van der Waals surface area contributed by atoms with Gasteiger partial charge in [-0.1, -0.05) is 6.42 Å². The zero-order valence-corrected chi connectivity index (χ0v) is 11.6. The lowest BCUT2D eigenvalue weighted by Crippen LogP contribution is -2.30. The molecular weight excluding hydrogens is 280 g/mol. The molecule has 0 spiro atoms. The third kappa shape index (κ3) is 1.92. The van der Waals surface area contributed by atoms with E-state index in [-0.39, 0.29) is 5.91 Å². The van der Waals surface area contributed by atoms with Gasteiger partial charge < -0.3 is 9.47 Å². The van der Waals surface area contributed by atoms with E-state index in [4.69, 9.17) is 0 Å². The van der Waals surface area contributed by atoms with Gasteiger partial charge in [0.25, 0.3) is 5.91 Å². The SMILES string of the molecule is Cn1cc(Br)cc1C(=O)N1CC2CCCC2C1. The van der Waals surface area contributed by atoms with Crippen LogP contribution in [0.4, 0.5) is 0 Å². The van der Waals surface area contributed by atoms with Crippen molar-refractivity contribution in [1.82, 2.24) is 9.47 Å². The first-order chi connectivity index (χ1) is 8.15. The van der Waals surface area contributed by atoms with Gasteiger partial charge in [-0.05, 0) is 46.7 Å². The van der Waals surface area contributed by atoms with Gasteiger partial charge >= 0.3 is 0 Å². The summed E-state index contributed by atoms with van der Waals surface area (Å²) in [5, 5.41) is 0. The molecule has 1 aliphatic heterocycles. The Hall–Kier alpha value is -0.770. The molecule has 1 aromatic heterocycles. The lowest BCUT2D eigenvalue weighted by molar-refractivity contribution is 0.0771. The summed E-state index contributed by atoms with van der Waals surface area (Å²) >= 11 is 3.42. The number of rotatable bonds is 1. The molecule has 1 saturated heterocycles. The second-order valence-electron chi connectivity index (χ2n) is 5.32. The summed E-state index contributed by atoms with van der Waals surface area (Å²) in [7, 11) is 1.93. The maximum absolute atomic E-state index is 12.4. The average Bonchev–Trinajstić information content (AvgIpc) is 2.90. The molecule has 0 aromatic carbocycles. The minimum Gasteiger partial charge on any atom is -0.345 e. The maximum Gasteiger partial charge on any atom is 0.270 e. The zero-order chi connectivity index (χ0) is 12.0. The Morgan fingerprint density at radius 3 is 2.53 bits per heavy atom. The average molecular weight is 297 g/mol. The Morgan fingerprint density at radius 1 is 1.35 bits per heavy atom. The highest BCUT2D eigenvalue weighted by Crippen LogP contribution is 2.38. The lowest BCUT2D eigenvalue weighted by Gasteiger charge is -2.17. The van der Waals surface area contributed by atoms with Crippen LogP contribution in [0.15, 0.2) is 16.7 Å². The topological polar surface area (TPSA) is 25.2 Å². The number of carbonyl (C=O) groups excluding carboxylic acids is 1. The fourth-order valence-electron chi connectivity index (χ4n) is 3.30. The normalized spacial score (nSPS) is 27.5. The Kier molecular flexibility index (Phi) is 2.77. The summed E-state index contributed by atoms with van der Waals surface area (Å²) in [4.78, 5) is 14.4. The Morgan fingerprint density at radius 2 is 2.00 bits per heavy atom. The van der Waals surface area contributed by atoms with Crippen LogP contribution >= 0.6 is 15.9 Å². The Balaban J connectivity index is 1.77. The highest BCUT2D eigenvalue weighted by atomic mass is 79.9. The summed E-state index contributed by atoms with van der Waals surface area (Å²) in [6, 6.07) is 1.91. The smallest absolute Gasteiger partial charge is 0.270 e. The molecule has 2 unspecified atom stereocenters. The molecule has 2 heterocycles. The second-order valence-corrected chi connectivity index (χ2v) is 6.23. The summed E-state index contributed by atoms with van der Waals surface area (Å²) in [5.41, 5.74) is 0.789. The van der Waals surface area contributed by atoms with Crippen LogP contribution in [0.1, 0.15) is 29.8 Å². The highest BCUT2D eigenvalue weighted by Gasteiger charge is 2.38. The van der Waals surface area contributed by atoms with Gasteiger partial charge in [-0.3, -0.25) is 4.79 Å². The number of hydrogen-bond donors (Lipinski definition) is 0. The summed E-state index contributed by atoms with van der Waals surface area (Å²) in [6.07, 6.45) is 5.91. The number of hydrogen-bond acceptors (Lipinski definition) is 1. The van der Waals surface area contributed by atoms with Crippen molar-refractivity contribution >= 4 is 21.8 Å². The highest BCUT2D eigenvalue weighted by molar-refractivity contribution is 9.10. The van der Waals surface area contributed by atoms with E-state index in [0.717, 1.165) is 35.1 Å². The Bertz CT molecular complexity index is 442. The van der Waals surface area contributed by atoms with Gasteiger partial charge in [-0.2, -0.15) is 0 Å². The van der Waals surface area contributed by atoms with Gasteiger partial charge in [-0.25, -0.2) is 0 Å². The van der Waals surface area contributed by atoms with Gasteiger partial charge in [-0.15, -0.1) is 0 Å². The van der Waals surface area contributed by atoms with Crippen molar-refractivity contribution in [2.75, 3.05) is 13.1 Å². The molecule has 1 amide bonds. The molecule has 1 aromatic rings. The number of nitrogens with zero attached hydrogens (tertiary/aromatic N) is 2. The number of amides is 1. The van der Waals surface area contributed by atoms with Gasteiger partial charge in [0, 0.05) is 30.8 Å². The van der Waals surface area contributed by atoms with Crippen LogP contribution in [-0.2, 0) is 7.05 Å². The summed E-state index contributed by atoms with van der Waals surface area (Å²) < 4.78 is 2.88. The summed E-state index contributed by atoms with van der Waals surface area (Å²) in [6.45, 7) is 1.93. The first-order valence-corrected chi connectivity index (χ1v) is 7.05. The van der Waals surface area contributed by atoms with E-state index in [1.54, 1.807) is 0 Å². The molecule has 0 bridgehead atoms. The lowest BCUT2D eigenvalue weighted by atomic mass is 10.0. The number of aromatic nitrogens is 1. The molecule has 0 N–H and O–H groups in total. The van der Waals surface area contributed by atoms with Crippen molar-refractivity contribution in [2.45, 2.75) is 19.3 Å². The second kappa shape index (κ2) is 4.16. The third-order valence-corrected chi connectivity index (χ3v) is 4.64. The van der Waals surface area contributed by atoms with E-state index < -0.39 is 0 Å². The van der Waals surface area contributed by atoms with Crippen LogP contribution < -0.4 is 0 Å². The molecule has 0 radical (unpaired) electrons. The third-order valence-electron chi connectivity index (χ3n) is 4.20. The van der Waals surface area contributed by atoms with Crippen LogP contribution in [0.3, 0.4) is 0 Å². The summed E-state index contributed by atoms with van der Waals surface area (Å²) in [5.74, 6) is 1.72. The fourth-order valence-corrected chi connectivity index (χ4v) is 3.82. The van der Waals surface area contributed by atoms with Gasteiger partial charge in [0.1, 0.15) is 5.69 Å². The molecule has 17 heavy (non-hydrogen) atoms.